The van der Waals surface area contributed by atoms with Crippen LogP contribution in [0.15, 0.2) is 24.3 Å². The molecule has 1 aromatic rings. The number of carbonyl (C=O) groups excluding carboxylic acids is 3. The van der Waals surface area contributed by atoms with Crippen LogP contribution in [0.4, 0.5) is 4.39 Å². The van der Waals surface area contributed by atoms with Crippen LogP contribution in [0.25, 0.3) is 0 Å². The second-order valence-electron chi connectivity index (χ2n) is 6.85. The van der Waals surface area contributed by atoms with Crippen LogP contribution in [0.2, 0.25) is 0 Å². The van der Waals surface area contributed by atoms with Gasteiger partial charge in [0, 0.05) is 13.1 Å². The number of benzene rings is 1. The van der Waals surface area contributed by atoms with Gasteiger partial charge < -0.3 is 4.74 Å². The summed E-state index contributed by atoms with van der Waals surface area (Å²) in [6, 6.07) is 5.21. The molecule has 0 spiro atoms. The Labute approximate surface area is 161 Å². The number of fused-ring (bicyclic) bond motifs is 1. The fraction of sp³-hybridized carbons (Fsp3) is 0.526. The number of esters is 1. The number of hydrogen-bond donors (Lipinski definition) is 1. The minimum absolute atomic E-state index is 0.179. The third kappa shape index (κ3) is 3.14. The molecule has 0 aliphatic carbocycles. The second kappa shape index (κ2) is 7.59. The predicted molar refractivity (Wildman–Crippen MR) is 99.4 cm³/mol. The van der Waals surface area contributed by atoms with E-state index in [1.165, 1.54) is 19.2 Å². The maximum Gasteiger partial charge on any atom is 0.327 e. The van der Waals surface area contributed by atoms with Crippen LogP contribution >= 0.6 is 11.8 Å². The Bertz CT molecular complexity index is 757. The predicted octanol–water partition coefficient (Wildman–Crippen LogP) is 1.76. The maximum atomic E-state index is 13.4. The summed E-state index contributed by atoms with van der Waals surface area (Å²) < 4.78 is 18.7. The van der Waals surface area contributed by atoms with Gasteiger partial charge in [-0.1, -0.05) is 12.1 Å². The number of amides is 2. The summed E-state index contributed by atoms with van der Waals surface area (Å²) in [4.78, 5) is 39.8. The van der Waals surface area contributed by atoms with E-state index < -0.39 is 35.2 Å². The largest absolute Gasteiger partial charge is 0.465 e. The summed E-state index contributed by atoms with van der Waals surface area (Å²) in [5.41, 5.74) is -0.613. The highest BCUT2D eigenvalue weighted by Crippen LogP contribution is 2.50. The highest BCUT2D eigenvalue weighted by molar-refractivity contribution is 7.98. The van der Waals surface area contributed by atoms with Gasteiger partial charge in [-0.2, -0.15) is 11.8 Å². The van der Waals surface area contributed by atoms with Crippen LogP contribution in [-0.2, 0) is 19.1 Å². The van der Waals surface area contributed by atoms with Gasteiger partial charge in [-0.3, -0.25) is 24.6 Å². The van der Waals surface area contributed by atoms with E-state index in [0.717, 1.165) is 4.90 Å². The quantitative estimate of drug-likeness (QED) is 0.585. The topological polar surface area (TPSA) is 75.7 Å². The molecule has 27 heavy (non-hydrogen) atoms. The SMILES string of the molecule is CCOC(=O)[C@]1(CCSC)N[C@H](c2ccc(F)cc2)[C@@H]2C(=O)N(C)C(=O)[C@H]21. The molecule has 0 aromatic heterocycles. The summed E-state index contributed by atoms with van der Waals surface area (Å²) >= 11 is 1.55. The lowest BCUT2D eigenvalue weighted by molar-refractivity contribution is -0.156. The van der Waals surface area contributed by atoms with Crippen molar-refractivity contribution in [2.75, 3.05) is 25.7 Å². The lowest BCUT2D eigenvalue weighted by Gasteiger charge is -2.32. The number of nitrogens with zero attached hydrogens (tertiary/aromatic N) is 1. The fourth-order valence-corrected chi connectivity index (χ4v) is 4.67. The van der Waals surface area contributed by atoms with Crippen LogP contribution < -0.4 is 5.32 Å². The highest BCUT2D eigenvalue weighted by atomic mass is 32.2. The second-order valence-corrected chi connectivity index (χ2v) is 7.83. The third-order valence-corrected chi connectivity index (χ3v) is 6.06. The lowest BCUT2D eigenvalue weighted by atomic mass is 9.78. The van der Waals surface area contributed by atoms with E-state index in [0.29, 0.717) is 17.7 Å². The number of halogens is 1. The summed E-state index contributed by atoms with van der Waals surface area (Å²) in [6.45, 7) is 1.88. The lowest BCUT2D eigenvalue weighted by Crippen LogP contribution is -2.56. The molecule has 0 radical (unpaired) electrons. The first kappa shape index (κ1) is 19.8. The summed E-state index contributed by atoms with van der Waals surface area (Å²) in [5.74, 6) is -2.56. The Morgan fingerprint density at radius 2 is 1.96 bits per heavy atom. The van der Waals surface area contributed by atoms with Gasteiger partial charge in [0.25, 0.3) is 0 Å². The number of hydrogen-bond acceptors (Lipinski definition) is 6. The molecule has 8 heteroatoms. The molecule has 4 atom stereocenters. The van der Waals surface area contributed by atoms with Crippen LogP contribution in [0, 0.1) is 17.7 Å². The Kier molecular flexibility index (Phi) is 5.58. The van der Waals surface area contributed by atoms with Gasteiger partial charge >= 0.3 is 5.97 Å². The number of imide groups is 1. The van der Waals surface area contributed by atoms with Gasteiger partial charge in [-0.15, -0.1) is 0 Å². The molecule has 0 unspecified atom stereocenters. The number of likely N-dealkylation sites (tertiary alicyclic amines) is 1. The summed E-state index contributed by atoms with van der Waals surface area (Å²) in [6.07, 6.45) is 2.27. The van der Waals surface area contributed by atoms with Crippen molar-refractivity contribution >= 4 is 29.5 Å². The Morgan fingerprint density at radius 1 is 1.30 bits per heavy atom. The molecular weight excluding hydrogens is 371 g/mol. The van der Waals surface area contributed by atoms with Gasteiger partial charge in [0.05, 0.1) is 18.4 Å². The number of thioether (sulfide) groups is 1. The van der Waals surface area contributed by atoms with Crippen molar-refractivity contribution < 1.29 is 23.5 Å². The van der Waals surface area contributed by atoms with E-state index in [9.17, 15) is 18.8 Å². The molecule has 3 rings (SSSR count). The standard InChI is InChI=1S/C19H23FN2O4S/c1-4-26-18(25)19(9-10-27-3)14-13(16(23)22(2)17(14)24)15(21-19)11-5-7-12(20)8-6-11/h5-8,13-15,21H,4,9-10H2,1-3H3/t13-,14+,15-,19-/m1/s1. The third-order valence-electron chi connectivity index (χ3n) is 5.44. The van der Waals surface area contributed by atoms with E-state index in [1.807, 2.05) is 6.26 Å². The molecule has 146 valence electrons. The van der Waals surface area contributed by atoms with Crippen molar-refractivity contribution in [3.8, 4) is 0 Å². The van der Waals surface area contributed by atoms with Crippen LogP contribution in [0.1, 0.15) is 24.9 Å². The first-order valence-corrected chi connectivity index (χ1v) is 10.3. The van der Waals surface area contributed by atoms with Crippen molar-refractivity contribution in [3.63, 3.8) is 0 Å². The smallest absolute Gasteiger partial charge is 0.327 e. The minimum Gasteiger partial charge on any atom is -0.465 e. The van der Waals surface area contributed by atoms with Crippen molar-refractivity contribution in [1.29, 1.82) is 0 Å². The fourth-order valence-electron chi connectivity index (χ4n) is 4.15. The first-order chi connectivity index (χ1) is 12.9. The van der Waals surface area contributed by atoms with Crippen LogP contribution in [-0.4, -0.2) is 53.9 Å². The Hall–Kier alpha value is -1.93. The van der Waals surface area contributed by atoms with Crippen molar-refractivity contribution in [3.05, 3.63) is 35.6 Å². The Balaban J connectivity index is 2.10. The molecule has 2 amide bonds. The number of rotatable bonds is 6. The average molecular weight is 394 g/mol. The monoisotopic (exact) mass is 394 g/mol. The maximum absolute atomic E-state index is 13.4. The summed E-state index contributed by atoms with van der Waals surface area (Å²) in [7, 11) is 1.44. The van der Waals surface area contributed by atoms with E-state index >= 15 is 0 Å². The van der Waals surface area contributed by atoms with E-state index in [2.05, 4.69) is 5.32 Å². The van der Waals surface area contributed by atoms with Crippen LogP contribution in [0.3, 0.4) is 0 Å². The zero-order valence-electron chi connectivity index (χ0n) is 15.5. The molecular formula is C19H23FN2O4S. The molecule has 1 N–H and O–H groups in total. The number of carbonyl (C=O) groups is 3. The van der Waals surface area contributed by atoms with E-state index in [4.69, 9.17) is 4.74 Å². The number of nitrogens with one attached hydrogen (secondary N) is 1. The van der Waals surface area contributed by atoms with Gasteiger partial charge in [0.1, 0.15) is 11.4 Å². The first-order valence-electron chi connectivity index (χ1n) is 8.88. The van der Waals surface area contributed by atoms with Crippen molar-refractivity contribution in [2.45, 2.75) is 24.9 Å². The molecule has 2 aliphatic heterocycles. The molecule has 0 saturated carbocycles. The average Bonchev–Trinajstić information content (AvgIpc) is 3.11. The molecule has 2 heterocycles. The van der Waals surface area contributed by atoms with Crippen LogP contribution in [0.5, 0.6) is 0 Å². The van der Waals surface area contributed by atoms with Gasteiger partial charge in [-0.05, 0) is 43.0 Å². The minimum atomic E-state index is -1.28. The Morgan fingerprint density at radius 3 is 2.56 bits per heavy atom. The van der Waals surface area contributed by atoms with Crippen molar-refractivity contribution in [2.24, 2.45) is 11.8 Å². The van der Waals surface area contributed by atoms with E-state index in [1.54, 1.807) is 30.8 Å². The van der Waals surface area contributed by atoms with E-state index in [-0.39, 0.29) is 18.4 Å². The normalized spacial score (nSPS) is 29.9. The molecule has 6 nitrogen and oxygen atoms in total. The summed E-state index contributed by atoms with van der Waals surface area (Å²) in [5, 5.41) is 3.26. The molecule has 0 bridgehead atoms. The zero-order valence-corrected chi connectivity index (χ0v) is 16.3. The molecule has 2 aliphatic rings. The molecule has 1 aromatic carbocycles. The molecule has 2 fully saturated rings. The number of ether oxygens (including phenoxy) is 1. The zero-order chi connectivity index (χ0) is 19.8. The highest BCUT2D eigenvalue weighted by Gasteiger charge is 2.67. The van der Waals surface area contributed by atoms with Gasteiger partial charge in [-0.25, -0.2) is 4.39 Å². The van der Waals surface area contributed by atoms with Gasteiger partial charge in [0.15, 0.2) is 0 Å². The van der Waals surface area contributed by atoms with Gasteiger partial charge in [0.2, 0.25) is 11.8 Å². The molecule has 2 saturated heterocycles. The van der Waals surface area contributed by atoms with Crippen molar-refractivity contribution in [1.82, 2.24) is 10.2 Å².